The third-order valence-corrected chi connectivity index (χ3v) is 7.81. The molecule has 11 heteroatoms. The number of hydrogen-bond acceptors (Lipinski definition) is 8. The summed E-state index contributed by atoms with van der Waals surface area (Å²) in [7, 11) is 0. The van der Waals surface area contributed by atoms with Crippen LogP contribution in [0.25, 0.3) is 31.7 Å². The predicted molar refractivity (Wildman–Crippen MR) is 159 cm³/mol. The first kappa shape index (κ1) is 27.4. The number of pyridine rings is 1. The fourth-order valence-electron chi connectivity index (χ4n) is 4.55. The summed E-state index contributed by atoms with van der Waals surface area (Å²) in [5.41, 5.74) is 16.4. The average Bonchev–Trinajstić information content (AvgIpc) is 3.31. The Bertz CT molecular complexity index is 1880. The van der Waals surface area contributed by atoms with Crippen molar-refractivity contribution < 1.29 is 18.7 Å². The molecular weight excluding hydrogens is 543 g/mol. The summed E-state index contributed by atoms with van der Waals surface area (Å²) in [6, 6.07) is 9.92. The van der Waals surface area contributed by atoms with Crippen LogP contribution in [0, 0.1) is 26.6 Å². The topological polar surface area (TPSA) is 146 Å². The van der Waals surface area contributed by atoms with Crippen LogP contribution in [0.1, 0.15) is 27.2 Å². The van der Waals surface area contributed by atoms with Crippen LogP contribution in [-0.4, -0.2) is 26.8 Å². The maximum absolute atomic E-state index is 15.9. The number of carbonyl (C=O) groups excluding carboxylic acids is 2. The van der Waals surface area contributed by atoms with Gasteiger partial charge in [-0.2, -0.15) is 0 Å². The number of hydrogen-bond donors (Lipinski definition) is 3. The van der Waals surface area contributed by atoms with Crippen molar-refractivity contribution >= 4 is 44.7 Å². The van der Waals surface area contributed by atoms with Gasteiger partial charge in [-0.1, -0.05) is 18.7 Å². The Morgan fingerprint density at radius 3 is 2.54 bits per heavy atom. The van der Waals surface area contributed by atoms with Gasteiger partial charge in [0.25, 0.3) is 5.91 Å². The fourth-order valence-corrected chi connectivity index (χ4v) is 5.97. The first-order valence-corrected chi connectivity index (χ1v) is 13.2. The lowest BCUT2D eigenvalue weighted by molar-refractivity contribution is -0.111. The normalized spacial score (nSPS) is 10.9. The molecule has 5 aromatic rings. The maximum Gasteiger partial charge on any atom is 0.322 e. The van der Waals surface area contributed by atoms with Crippen molar-refractivity contribution in [2.24, 2.45) is 5.73 Å². The van der Waals surface area contributed by atoms with Crippen molar-refractivity contribution in [2.45, 2.75) is 20.8 Å². The second-order valence-electron chi connectivity index (χ2n) is 9.28. The van der Waals surface area contributed by atoms with Gasteiger partial charge in [0.2, 0.25) is 5.91 Å². The lowest BCUT2D eigenvalue weighted by Crippen LogP contribution is -2.11. The number of benzene rings is 2. The van der Waals surface area contributed by atoms with Crippen molar-refractivity contribution in [1.29, 1.82) is 0 Å². The number of carbonyl (C=O) groups is 2. The number of nitrogens with one attached hydrogen (secondary N) is 1. The smallest absolute Gasteiger partial charge is 0.322 e. The van der Waals surface area contributed by atoms with Gasteiger partial charge in [-0.05, 0) is 61.7 Å². The van der Waals surface area contributed by atoms with Crippen molar-refractivity contribution in [3.05, 3.63) is 89.6 Å². The summed E-state index contributed by atoms with van der Waals surface area (Å²) < 4.78 is 22.1. The van der Waals surface area contributed by atoms with Gasteiger partial charge in [0, 0.05) is 51.2 Å². The molecule has 5 N–H and O–H groups in total. The van der Waals surface area contributed by atoms with E-state index in [-0.39, 0.29) is 34.6 Å². The number of aryl methyl sites for hydroxylation is 2. The quantitative estimate of drug-likeness (QED) is 0.202. The zero-order valence-corrected chi connectivity index (χ0v) is 23.2. The van der Waals surface area contributed by atoms with E-state index in [1.165, 1.54) is 29.7 Å². The zero-order chi connectivity index (χ0) is 29.4. The van der Waals surface area contributed by atoms with Crippen LogP contribution in [0.3, 0.4) is 0 Å². The molecule has 2 amide bonds. The number of aromatic nitrogens is 3. The molecule has 0 spiro atoms. The maximum atomic E-state index is 15.9. The Hall–Kier alpha value is -5.16. The fraction of sp³-hybridized carbons (Fsp3) is 0.100. The highest BCUT2D eigenvalue weighted by Gasteiger charge is 2.26. The van der Waals surface area contributed by atoms with Gasteiger partial charge in [-0.3, -0.25) is 9.59 Å². The van der Waals surface area contributed by atoms with Gasteiger partial charge >= 0.3 is 6.01 Å². The van der Waals surface area contributed by atoms with Crippen LogP contribution in [-0.2, 0) is 4.79 Å². The molecule has 0 radical (unpaired) electrons. The van der Waals surface area contributed by atoms with Gasteiger partial charge in [-0.15, -0.1) is 11.3 Å². The first-order chi connectivity index (χ1) is 19.6. The molecule has 5 rings (SSSR count). The molecule has 41 heavy (non-hydrogen) atoms. The highest BCUT2D eigenvalue weighted by atomic mass is 32.1. The SMILES string of the molecule is C=CC(=O)Nc1c(C)ccc(-c2sc3c(C(N)=O)cnc(N)c3c2-c2ccc(Oc3nccc(C)n3)cc2F)c1C. The highest BCUT2D eigenvalue weighted by Crippen LogP contribution is 2.50. The summed E-state index contributed by atoms with van der Waals surface area (Å²) in [5.74, 6) is -1.36. The van der Waals surface area contributed by atoms with E-state index in [0.29, 0.717) is 37.5 Å². The Morgan fingerprint density at radius 2 is 1.85 bits per heavy atom. The summed E-state index contributed by atoms with van der Waals surface area (Å²) in [6.45, 7) is 9.04. The second kappa shape index (κ2) is 10.8. The number of nitrogens with two attached hydrogens (primary N) is 2. The van der Waals surface area contributed by atoms with Crippen LogP contribution in [0.4, 0.5) is 15.9 Å². The van der Waals surface area contributed by atoms with Crippen molar-refractivity contribution in [1.82, 2.24) is 15.0 Å². The van der Waals surface area contributed by atoms with E-state index in [2.05, 4.69) is 26.8 Å². The molecule has 2 aromatic carbocycles. The molecule has 9 nitrogen and oxygen atoms in total. The number of fused-ring (bicyclic) bond motifs is 1. The highest BCUT2D eigenvalue weighted by molar-refractivity contribution is 7.23. The minimum Gasteiger partial charge on any atom is -0.424 e. The minimum absolute atomic E-state index is 0.0859. The number of ether oxygens (including phenoxy) is 1. The molecule has 0 saturated carbocycles. The van der Waals surface area contributed by atoms with Crippen molar-refractivity contribution in [3.63, 3.8) is 0 Å². The molecule has 0 aliphatic rings. The molecule has 0 bridgehead atoms. The molecule has 0 saturated heterocycles. The molecule has 0 aliphatic carbocycles. The second-order valence-corrected chi connectivity index (χ2v) is 10.3. The number of nitrogens with zero attached hydrogens (tertiary/aromatic N) is 3. The van der Waals surface area contributed by atoms with Gasteiger partial charge in [0.15, 0.2) is 0 Å². The number of halogens is 1. The monoisotopic (exact) mass is 568 g/mol. The standard InChI is InChI=1S/C30H25FN6O3S/c1-5-22(38)37-25-14(2)6-8-18(16(25)4)26-23(24-27(41-26)20(29(33)39)13-35-28(24)32)19-9-7-17(12-21(19)31)40-30-34-11-10-15(3)36-30/h5-13H,1H2,2-4H3,(H2,32,35)(H2,33,39)(H,37,38). The molecule has 0 aliphatic heterocycles. The Kier molecular flexibility index (Phi) is 7.21. The average molecular weight is 569 g/mol. The summed E-state index contributed by atoms with van der Waals surface area (Å²) >= 11 is 1.24. The Balaban J connectivity index is 1.76. The van der Waals surface area contributed by atoms with Crippen LogP contribution in [0.5, 0.6) is 11.8 Å². The zero-order valence-electron chi connectivity index (χ0n) is 22.4. The third kappa shape index (κ3) is 5.10. The Morgan fingerprint density at radius 1 is 1.10 bits per heavy atom. The van der Waals surface area contributed by atoms with E-state index >= 15 is 4.39 Å². The van der Waals surface area contributed by atoms with Crippen LogP contribution in [0.15, 0.2) is 61.4 Å². The van der Waals surface area contributed by atoms with Gasteiger partial charge < -0.3 is 21.5 Å². The number of rotatable bonds is 7. The van der Waals surface area contributed by atoms with Crippen LogP contribution in [0.2, 0.25) is 0 Å². The number of nitrogen functional groups attached to an aromatic ring is 1. The minimum atomic E-state index is -0.691. The molecule has 3 aromatic heterocycles. The number of primary amides is 1. The molecule has 3 heterocycles. The largest absolute Gasteiger partial charge is 0.424 e. The predicted octanol–water partition coefficient (Wildman–Crippen LogP) is 6.08. The van der Waals surface area contributed by atoms with Gasteiger partial charge in [-0.25, -0.2) is 19.3 Å². The van der Waals surface area contributed by atoms with Crippen LogP contribution >= 0.6 is 11.3 Å². The summed E-state index contributed by atoms with van der Waals surface area (Å²) in [5, 5.41) is 3.25. The third-order valence-electron chi connectivity index (χ3n) is 6.55. The number of amides is 2. The van der Waals surface area contributed by atoms with Crippen molar-refractivity contribution in [3.8, 4) is 33.3 Å². The van der Waals surface area contributed by atoms with E-state index in [1.807, 2.05) is 26.0 Å². The molecule has 0 unspecified atom stereocenters. The van der Waals surface area contributed by atoms with E-state index in [9.17, 15) is 9.59 Å². The van der Waals surface area contributed by atoms with Gasteiger partial charge in [0.1, 0.15) is 17.4 Å². The van der Waals surface area contributed by atoms with E-state index < -0.39 is 11.7 Å². The summed E-state index contributed by atoms with van der Waals surface area (Å²) in [6.07, 6.45) is 4.05. The lowest BCUT2D eigenvalue weighted by Gasteiger charge is -2.16. The van der Waals surface area contributed by atoms with Crippen molar-refractivity contribution in [2.75, 3.05) is 11.1 Å². The van der Waals surface area contributed by atoms with Crippen LogP contribution < -0.4 is 21.5 Å². The van der Waals surface area contributed by atoms with E-state index in [1.54, 1.807) is 31.3 Å². The number of thiophene rings is 1. The summed E-state index contributed by atoms with van der Waals surface area (Å²) in [4.78, 5) is 37.6. The van der Waals surface area contributed by atoms with E-state index in [0.717, 1.165) is 11.1 Å². The molecule has 0 fully saturated rings. The Labute approximate surface area is 238 Å². The number of anilines is 2. The first-order valence-electron chi connectivity index (χ1n) is 12.4. The molecule has 0 atom stereocenters. The molecular formula is C30H25FN6O3S. The van der Waals surface area contributed by atoms with E-state index in [4.69, 9.17) is 16.2 Å². The lowest BCUT2D eigenvalue weighted by atomic mass is 9.94. The van der Waals surface area contributed by atoms with Gasteiger partial charge in [0.05, 0.1) is 10.3 Å². The molecule has 206 valence electrons.